The number of nitrogens with zero attached hydrogens (tertiary/aromatic N) is 3. The average Bonchev–Trinajstić information content (AvgIpc) is 3.13. The molecule has 108 valence electrons. The topological polar surface area (TPSA) is 49.6 Å². The van der Waals surface area contributed by atoms with Crippen molar-refractivity contribution < 1.29 is 4.39 Å². The van der Waals surface area contributed by atoms with Gasteiger partial charge in [0.15, 0.2) is 5.66 Å². The summed E-state index contributed by atoms with van der Waals surface area (Å²) in [7, 11) is 0. The van der Waals surface area contributed by atoms with Crippen LogP contribution in [0, 0.1) is 18.2 Å². The van der Waals surface area contributed by atoms with Crippen LogP contribution in [-0.2, 0) is 6.54 Å². The second-order valence-corrected chi connectivity index (χ2v) is 6.15. The normalized spacial score (nSPS) is 15.2. The zero-order valence-corrected chi connectivity index (χ0v) is 12.3. The third-order valence-electron chi connectivity index (χ3n) is 3.42. The van der Waals surface area contributed by atoms with Gasteiger partial charge in [-0.3, -0.25) is 0 Å². The van der Waals surface area contributed by atoms with E-state index in [-0.39, 0.29) is 11.5 Å². The molecule has 1 aromatic carbocycles. The van der Waals surface area contributed by atoms with Gasteiger partial charge in [0, 0.05) is 31.9 Å². The van der Waals surface area contributed by atoms with Gasteiger partial charge < -0.3 is 5.32 Å². The number of halogens is 1. The van der Waals surface area contributed by atoms with Crippen LogP contribution in [0.25, 0.3) is 10.2 Å². The molecular formula is C15H15FN4S. The van der Waals surface area contributed by atoms with Gasteiger partial charge in [-0.25, -0.2) is 9.37 Å². The molecule has 0 bridgehead atoms. The van der Waals surface area contributed by atoms with E-state index in [4.69, 9.17) is 6.42 Å². The lowest BCUT2D eigenvalue weighted by Gasteiger charge is -2.08. The van der Waals surface area contributed by atoms with Crippen molar-refractivity contribution in [3.8, 4) is 12.3 Å². The van der Waals surface area contributed by atoms with Crippen molar-refractivity contribution in [3.05, 3.63) is 29.0 Å². The first-order valence-electron chi connectivity index (χ1n) is 6.84. The van der Waals surface area contributed by atoms with Gasteiger partial charge in [0.1, 0.15) is 10.8 Å². The number of rotatable bonds is 7. The highest BCUT2D eigenvalue weighted by atomic mass is 32.1. The number of benzene rings is 1. The van der Waals surface area contributed by atoms with Crippen LogP contribution in [-0.4, -0.2) is 17.2 Å². The van der Waals surface area contributed by atoms with E-state index in [1.165, 1.54) is 12.1 Å². The van der Waals surface area contributed by atoms with Crippen molar-refractivity contribution in [2.75, 3.05) is 6.54 Å². The Morgan fingerprint density at radius 3 is 2.95 bits per heavy atom. The van der Waals surface area contributed by atoms with Crippen molar-refractivity contribution >= 4 is 21.6 Å². The van der Waals surface area contributed by atoms with Crippen LogP contribution in [0.15, 0.2) is 28.4 Å². The Hall–Kier alpha value is -1.84. The number of fused-ring (bicyclic) bond motifs is 1. The highest BCUT2D eigenvalue weighted by Crippen LogP contribution is 2.36. The quantitative estimate of drug-likeness (QED) is 0.628. The van der Waals surface area contributed by atoms with Crippen LogP contribution < -0.4 is 5.32 Å². The molecule has 4 nitrogen and oxygen atoms in total. The second-order valence-electron chi connectivity index (χ2n) is 5.03. The summed E-state index contributed by atoms with van der Waals surface area (Å²) in [6, 6.07) is 4.69. The monoisotopic (exact) mass is 302 g/mol. The summed E-state index contributed by atoms with van der Waals surface area (Å²) < 4.78 is 14.1. The molecule has 1 aliphatic rings. The summed E-state index contributed by atoms with van der Waals surface area (Å²) >= 11 is 1.58. The maximum Gasteiger partial charge on any atom is 0.193 e. The van der Waals surface area contributed by atoms with Crippen LogP contribution >= 0.6 is 11.3 Å². The van der Waals surface area contributed by atoms with Crippen LogP contribution in [0.2, 0.25) is 0 Å². The fraction of sp³-hybridized carbons (Fsp3) is 0.400. The average molecular weight is 302 g/mol. The molecule has 1 aliphatic heterocycles. The van der Waals surface area contributed by atoms with Gasteiger partial charge in [0.2, 0.25) is 0 Å². The Bertz CT molecular complexity index is 710. The minimum absolute atomic E-state index is 0.240. The zero-order chi connectivity index (χ0) is 14.7. The first kappa shape index (κ1) is 14.1. The summed E-state index contributed by atoms with van der Waals surface area (Å²) in [5, 5.41) is 12.5. The van der Waals surface area contributed by atoms with Gasteiger partial charge in [0.05, 0.1) is 10.2 Å². The maximum atomic E-state index is 13.1. The van der Waals surface area contributed by atoms with Crippen molar-refractivity contribution in [2.45, 2.75) is 31.5 Å². The molecule has 3 rings (SSSR count). The molecule has 0 saturated carbocycles. The van der Waals surface area contributed by atoms with E-state index in [0.29, 0.717) is 13.0 Å². The number of nitrogens with one attached hydrogen (secondary N) is 1. The van der Waals surface area contributed by atoms with Gasteiger partial charge in [-0.1, -0.05) is 0 Å². The summed E-state index contributed by atoms with van der Waals surface area (Å²) in [5.41, 5.74) is 0.477. The number of aromatic nitrogens is 1. The number of thiazole rings is 1. The van der Waals surface area contributed by atoms with Crippen LogP contribution in [0.1, 0.15) is 24.3 Å². The van der Waals surface area contributed by atoms with Gasteiger partial charge in [-0.2, -0.15) is 10.2 Å². The second kappa shape index (κ2) is 5.88. The molecule has 6 heteroatoms. The summed E-state index contributed by atoms with van der Waals surface area (Å²) in [6.07, 6.45) is 7.64. The fourth-order valence-electron chi connectivity index (χ4n) is 2.18. The third-order valence-corrected chi connectivity index (χ3v) is 4.46. The van der Waals surface area contributed by atoms with E-state index < -0.39 is 0 Å². The minimum atomic E-state index is -0.250. The highest BCUT2D eigenvalue weighted by Gasteiger charge is 2.38. The predicted molar refractivity (Wildman–Crippen MR) is 81.6 cm³/mol. The molecule has 0 aliphatic carbocycles. The molecule has 2 heterocycles. The van der Waals surface area contributed by atoms with E-state index in [1.54, 1.807) is 17.4 Å². The molecule has 1 N–H and O–H groups in total. The maximum absolute atomic E-state index is 13.1. The molecule has 0 fully saturated rings. The van der Waals surface area contributed by atoms with Crippen LogP contribution in [0.5, 0.6) is 0 Å². The van der Waals surface area contributed by atoms with Gasteiger partial charge in [0.25, 0.3) is 0 Å². The molecule has 1 aromatic heterocycles. The Labute approximate surface area is 126 Å². The minimum Gasteiger partial charge on any atom is -0.310 e. The number of hydrogen-bond donors (Lipinski definition) is 1. The van der Waals surface area contributed by atoms with Gasteiger partial charge in [-0.05, 0) is 18.7 Å². The lowest BCUT2D eigenvalue weighted by molar-refractivity contribution is 0.487. The molecule has 0 radical (unpaired) electrons. The Balaban J connectivity index is 1.48. The molecule has 0 amide bonds. The number of hydrogen-bond acceptors (Lipinski definition) is 5. The largest absolute Gasteiger partial charge is 0.310 e. The summed E-state index contributed by atoms with van der Waals surface area (Å²) in [4.78, 5) is 4.42. The predicted octanol–water partition coefficient (Wildman–Crippen LogP) is 3.49. The Morgan fingerprint density at radius 1 is 1.33 bits per heavy atom. The first-order chi connectivity index (χ1) is 10.2. The van der Waals surface area contributed by atoms with Crippen molar-refractivity contribution in [1.29, 1.82) is 0 Å². The van der Waals surface area contributed by atoms with Crippen LogP contribution in [0.3, 0.4) is 0 Å². The zero-order valence-electron chi connectivity index (χ0n) is 11.5. The molecule has 0 atom stereocenters. The van der Waals surface area contributed by atoms with Crippen molar-refractivity contribution in [2.24, 2.45) is 10.2 Å². The third kappa shape index (κ3) is 3.43. The summed E-state index contributed by atoms with van der Waals surface area (Å²) in [5.74, 6) is 2.37. The molecule has 21 heavy (non-hydrogen) atoms. The van der Waals surface area contributed by atoms with Gasteiger partial charge >= 0.3 is 0 Å². The first-order valence-corrected chi connectivity index (χ1v) is 7.66. The molecule has 0 saturated heterocycles. The van der Waals surface area contributed by atoms with E-state index in [1.807, 2.05) is 0 Å². The number of terminal acetylenes is 1. The fourth-order valence-corrected chi connectivity index (χ4v) is 3.09. The van der Waals surface area contributed by atoms with Crippen LogP contribution in [0.4, 0.5) is 4.39 Å². The molecule has 2 aromatic rings. The molecule has 0 spiro atoms. The van der Waals surface area contributed by atoms with Crippen molar-refractivity contribution in [3.63, 3.8) is 0 Å². The standard InChI is InChI=1S/C15H15FN4S/c1-2-3-6-15(19-20-15)7-8-17-10-14-18-12-9-11(16)4-5-13(12)21-14/h1,4-5,9,17H,3,6-8,10H2. The van der Waals surface area contributed by atoms with E-state index in [9.17, 15) is 4.39 Å². The molecular weight excluding hydrogens is 287 g/mol. The Morgan fingerprint density at radius 2 is 2.19 bits per heavy atom. The van der Waals surface area contributed by atoms with E-state index in [2.05, 4.69) is 26.4 Å². The highest BCUT2D eigenvalue weighted by molar-refractivity contribution is 7.18. The molecule has 0 unspecified atom stereocenters. The summed E-state index contributed by atoms with van der Waals surface area (Å²) in [6.45, 7) is 1.48. The SMILES string of the molecule is C#CCCC1(CCNCc2nc3cc(F)ccc3s2)N=N1. The van der Waals surface area contributed by atoms with Gasteiger partial charge in [-0.15, -0.1) is 23.7 Å². The smallest absolute Gasteiger partial charge is 0.193 e. The van der Waals surface area contributed by atoms with E-state index in [0.717, 1.165) is 34.6 Å². The Kier molecular flexibility index (Phi) is 3.95. The van der Waals surface area contributed by atoms with E-state index >= 15 is 0 Å². The lowest BCUT2D eigenvalue weighted by atomic mass is 10.0. The van der Waals surface area contributed by atoms with Crippen molar-refractivity contribution in [1.82, 2.24) is 10.3 Å². The lowest BCUT2D eigenvalue weighted by Crippen LogP contribution is -2.22.